The zero-order valence-electron chi connectivity index (χ0n) is 19.9. The van der Waals surface area contributed by atoms with Crippen molar-refractivity contribution in [2.75, 3.05) is 19.1 Å². The van der Waals surface area contributed by atoms with E-state index in [1.807, 2.05) is 53.7 Å². The fourth-order valence-electron chi connectivity index (χ4n) is 3.96. The highest BCUT2D eigenvalue weighted by molar-refractivity contribution is 8.29. The van der Waals surface area contributed by atoms with E-state index in [-0.39, 0.29) is 21.6 Å². The van der Waals surface area contributed by atoms with Crippen molar-refractivity contribution in [3.05, 3.63) is 42.9 Å². The molecule has 0 saturated carbocycles. The number of rotatable bonds is 3. The van der Waals surface area contributed by atoms with Crippen molar-refractivity contribution in [2.45, 2.75) is 47.1 Å². The van der Waals surface area contributed by atoms with Gasteiger partial charge in [0.2, 0.25) is 5.91 Å². The summed E-state index contributed by atoms with van der Waals surface area (Å²) in [5.74, 6) is -1.46. The first kappa shape index (κ1) is 25.5. The van der Waals surface area contributed by atoms with Crippen molar-refractivity contribution in [2.24, 2.45) is 5.92 Å². The van der Waals surface area contributed by atoms with Crippen LogP contribution in [0.4, 0.5) is 5.69 Å². The van der Waals surface area contributed by atoms with Crippen LogP contribution in [0.5, 0.6) is 0 Å². The molecule has 0 fully saturated rings. The van der Waals surface area contributed by atoms with E-state index >= 15 is 0 Å². The molecule has 176 valence electrons. The van der Waals surface area contributed by atoms with E-state index in [4.69, 9.17) is 21.7 Å². The van der Waals surface area contributed by atoms with Crippen LogP contribution in [-0.4, -0.2) is 42.5 Å². The molecule has 2 aliphatic rings. The highest BCUT2D eigenvalue weighted by atomic mass is 32.2. The SMILES string of the molecule is COC(=O)C1=C(C(=O)OC)SC(=C2C(=S)C(C)(C)N(C(=O)C(C)C)c3c(C)cc(C)cc32)S1. The van der Waals surface area contributed by atoms with Crippen LogP contribution < -0.4 is 4.90 Å². The van der Waals surface area contributed by atoms with Crippen LogP contribution in [0.15, 0.2) is 26.2 Å². The number of thiocarbonyl (C=S) groups is 1. The normalized spacial score (nSPS) is 17.5. The molecular weight excluding hydrogens is 478 g/mol. The highest BCUT2D eigenvalue weighted by Crippen LogP contribution is 2.56. The summed E-state index contributed by atoms with van der Waals surface area (Å²) >= 11 is 8.29. The number of thioether (sulfide) groups is 2. The smallest absolute Gasteiger partial charge is 0.346 e. The lowest BCUT2D eigenvalue weighted by molar-refractivity contribution is -0.138. The largest absolute Gasteiger partial charge is 0.465 e. The Morgan fingerprint density at radius 1 is 1.00 bits per heavy atom. The van der Waals surface area contributed by atoms with Gasteiger partial charge in [-0.05, 0) is 39.3 Å². The molecule has 0 aliphatic carbocycles. The second kappa shape index (κ2) is 9.27. The number of nitrogens with zero attached hydrogens (tertiary/aromatic N) is 1. The molecule has 0 bridgehead atoms. The summed E-state index contributed by atoms with van der Waals surface area (Å²) < 4.78 is 10.5. The monoisotopic (exact) mass is 505 g/mol. The van der Waals surface area contributed by atoms with Gasteiger partial charge in [-0.1, -0.05) is 61.2 Å². The van der Waals surface area contributed by atoms with Crippen molar-refractivity contribution in [1.82, 2.24) is 0 Å². The van der Waals surface area contributed by atoms with E-state index in [1.165, 1.54) is 14.2 Å². The maximum Gasteiger partial charge on any atom is 0.346 e. The molecule has 0 atom stereocenters. The molecule has 2 aliphatic heterocycles. The number of ether oxygens (including phenoxy) is 2. The van der Waals surface area contributed by atoms with Gasteiger partial charge in [-0.2, -0.15) is 0 Å². The highest BCUT2D eigenvalue weighted by Gasteiger charge is 2.47. The van der Waals surface area contributed by atoms with Crippen molar-refractivity contribution < 1.29 is 23.9 Å². The second-order valence-electron chi connectivity index (χ2n) is 8.70. The number of anilines is 1. The Morgan fingerprint density at radius 3 is 1.97 bits per heavy atom. The Hall–Kier alpha value is -2.10. The summed E-state index contributed by atoms with van der Waals surface area (Å²) in [5.41, 5.74) is 3.54. The van der Waals surface area contributed by atoms with Crippen LogP contribution in [0.3, 0.4) is 0 Å². The third kappa shape index (κ3) is 4.26. The number of fused-ring (bicyclic) bond motifs is 1. The summed E-state index contributed by atoms with van der Waals surface area (Å²) in [7, 11) is 2.54. The first-order valence-electron chi connectivity index (χ1n) is 10.4. The zero-order valence-corrected chi connectivity index (χ0v) is 22.4. The molecule has 0 spiro atoms. The second-order valence-corrected chi connectivity index (χ2v) is 11.4. The molecule has 3 rings (SSSR count). The number of esters is 2. The number of hydrogen-bond donors (Lipinski definition) is 0. The van der Waals surface area contributed by atoms with E-state index in [1.54, 1.807) is 4.90 Å². The van der Waals surface area contributed by atoms with Gasteiger partial charge in [-0.15, -0.1) is 0 Å². The molecule has 0 radical (unpaired) electrons. The van der Waals surface area contributed by atoms with Crippen LogP contribution in [0.25, 0.3) is 5.57 Å². The van der Waals surface area contributed by atoms with Crippen LogP contribution in [0.2, 0.25) is 0 Å². The van der Waals surface area contributed by atoms with Gasteiger partial charge in [0.05, 0.1) is 34.5 Å². The summed E-state index contributed by atoms with van der Waals surface area (Å²) in [4.78, 5) is 40.9. The van der Waals surface area contributed by atoms with Crippen molar-refractivity contribution >= 4 is 69.7 Å². The van der Waals surface area contributed by atoms with Crippen molar-refractivity contribution in [3.63, 3.8) is 0 Å². The predicted octanol–water partition coefficient (Wildman–Crippen LogP) is 5.16. The number of amides is 1. The van der Waals surface area contributed by atoms with E-state index in [2.05, 4.69) is 0 Å². The number of hydrogen-bond acceptors (Lipinski definition) is 8. The lowest BCUT2D eigenvalue weighted by Crippen LogP contribution is -2.57. The molecule has 6 nitrogen and oxygen atoms in total. The summed E-state index contributed by atoms with van der Waals surface area (Å²) in [6, 6.07) is 4.04. The quantitative estimate of drug-likeness (QED) is 0.317. The average Bonchev–Trinajstić information content (AvgIpc) is 3.18. The maximum atomic E-state index is 13.4. The Balaban J connectivity index is 2.32. The third-order valence-corrected chi connectivity index (χ3v) is 8.80. The molecule has 0 unspecified atom stereocenters. The van der Waals surface area contributed by atoms with Crippen molar-refractivity contribution in [3.8, 4) is 0 Å². The first-order valence-corrected chi connectivity index (χ1v) is 12.4. The van der Waals surface area contributed by atoms with E-state index in [9.17, 15) is 14.4 Å². The zero-order chi connectivity index (χ0) is 24.8. The predicted molar refractivity (Wildman–Crippen MR) is 138 cm³/mol. The molecule has 0 N–H and O–H groups in total. The molecular formula is C24H27NO5S3. The van der Waals surface area contributed by atoms with Crippen LogP contribution in [0.1, 0.15) is 44.4 Å². The number of carbonyl (C=O) groups excluding carboxylic acids is 3. The Bertz CT molecular complexity index is 1120. The summed E-state index contributed by atoms with van der Waals surface area (Å²) in [5, 5.41) is 0. The molecule has 0 aromatic heterocycles. The van der Waals surface area contributed by atoms with Gasteiger partial charge in [0, 0.05) is 17.1 Å². The van der Waals surface area contributed by atoms with Crippen LogP contribution >= 0.6 is 35.7 Å². The molecule has 0 saturated heterocycles. The Morgan fingerprint density at radius 2 is 1.52 bits per heavy atom. The molecule has 1 aromatic rings. The van der Waals surface area contributed by atoms with E-state index in [0.29, 0.717) is 9.10 Å². The van der Waals surface area contributed by atoms with Gasteiger partial charge in [-0.3, -0.25) is 4.79 Å². The average molecular weight is 506 g/mol. The Labute approximate surface area is 208 Å². The third-order valence-electron chi connectivity index (χ3n) is 5.54. The van der Waals surface area contributed by atoms with Crippen LogP contribution in [0, 0.1) is 19.8 Å². The number of methoxy groups -OCH3 is 2. The topological polar surface area (TPSA) is 72.9 Å². The lowest BCUT2D eigenvalue weighted by atomic mass is 9.81. The molecule has 2 heterocycles. The molecule has 33 heavy (non-hydrogen) atoms. The van der Waals surface area contributed by atoms with E-state index in [0.717, 1.165) is 51.5 Å². The number of benzene rings is 1. The maximum absolute atomic E-state index is 13.4. The lowest BCUT2D eigenvalue weighted by Gasteiger charge is -2.46. The van der Waals surface area contributed by atoms with Gasteiger partial charge in [0.1, 0.15) is 9.81 Å². The summed E-state index contributed by atoms with van der Waals surface area (Å²) in [6.07, 6.45) is 0. The minimum Gasteiger partial charge on any atom is -0.465 e. The fraction of sp³-hybridized carbons (Fsp3) is 0.417. The summed E-state index contributed by atoms with van der Waals surface area (Å²) in [6.45, 7) is 11.6. The molecule has 1 amide bonds. The van der Waals surface area contributed by atoms with Gasteiger partial charge in [0.25, 0.3) is 0 Å². The minimum atomic E-state index is -0.799. The number of aryl methyl sites for hydroxylation is 2. The van der Waals surface area contributed by atoms with Gasteiger partial charge in [0.15, 0.2) is 0 Å². The van der Waals surface area contributed by atoms with E-state index < -0.39 is 17.5 Å². The van der Waals surface area contributed by atoms with Crippen LogP contribution in [-0.2, 0) is 23.9 Å². The van der Waals surface area contributed by atoms with Crippen molar-refractivity contribution in [1.29, 1.82) is 0 Å². The van der Waals surface area contributed by atoms with Gasteiger partial charge in [-0.25, -0.2) is 9.59 Å². The van der Waals surface area contributed by atoms with Gasteiger partial charge >= 0.3 is 11.9 Å². The first-order chi connectivity index (χ1) is 15.4. The van der Waals surface area contributed by atoms with Gasteiger partial charge < -0.3 is 14.4 Å². The molecule has 9 heteroatoms. The minimum absolute atomic E-state index is 0.0186. The molecule has 1 aromatic carbocycles. The fourth-order valence-corrected chi connectivity index (χ4v) is 6.99. The number of carbonyl (C=O) groups is 3. The Kier molecular flexibility index (Phi) is 7.17. The standard InChI is InChI=1S/C24H27NO5S3/c1-11(2)20(26)25-16-13(4)9-12(3)10-14(16)15(19(31)24(25,5)6)23-32-17(21(27)29-7)18(33-23)22(28)30-8/h9-11H,1-8H3.